The lowest BCUT2D eigenvalue weighted by Crippen LogP contribution is -2.10. The van der Waals surface area contributed by atoms with Gasteiger partial charge >= 0.3 is 0 Å². The van der Waals surface area contributed by atoms with Crippen LogP contribution in [0.4, 0.5) is 0 Å². The number of aromatic nitrogens is 2. The first-order valence-electron chi connectivity index (χ1n) is 4.79. The molecular weight excluding hydrogens is 176 g/mol. The van der Waals surface area contributed by atoms with E-state index < -0.39 is 0 Å². The van der Waals surface area contributed by atoms with Crippen LogP contribution in [0.25, 0.3) is 10.8 Å². The van der Waals surface area contributed by atoms with Crippen molar-refractivity contribution in [2.24, 2.45) is 0 Å². The van der Waals surface area contributed by atoms with Gasteiger partial charge in [-0.2, -0.15) is 5.10 Å². The molecule has 0 bridgehead atoms. The number of hydrogen-bond donors (Lipinski definition) is 1. The van der Waals surface area contributed by atoms with Crippen molar-refractivity contribution in [1.82, 2.24) is 10.2 Å². The van der Waals surface area contributed by atoms with E-state index in [1.165, 1.54) is 0 Å². The van der Waals surface area contributed by atoms with Gasteiger partial charge in [0.25, 0.3) is 5.56 Å². The zero-order chi connectivity index (χ0) is 9.97. The third-order valence-electron chi connectivity index (χ3n) is 2.26. The molecule has 2 rings (SSSR count). The van der Waals surface area contributed by atoms with Crippen LogP contribution in [-0.2, 0) is 6.42 Å². The van der Waals surface area contributed by atoms with Crippen molar-refractivity contribution in [3.05, 3.63) is 40.3 Å². The molecule has 0 amide bonds. The molecule has 0 spiro atoms. The van der Waals surface area contributed by atoms with Crippen molar-refractivity contribution in [3.8, 4) is 0 Å². The van der Waals surface area contributed by atoms with E-state index in [0.29, 0.717) is 0 Å². The summed E-state index contributed by atoms with van der Waals surface area (Å²) in [6, 6.07) is 7.58. The molecule has 2 aromatic rings. The maximum Gasteiger partial charge on any atom is 0.272 e. The molecule has 3 heteroatoms. The number of nitrogens with zero attached hydrogens (tertiary/aromatic N) is 1. The summed E-state index contributed by atoms with van der Waals surface area (Å²) < 4.78 is 0. The second-order valence-corrected chi connectivity index (χ2v) is 3.30. The average Bonchev–Trinajstić information content (AvgIpc) is 2.23. The Morgan fingerprint density at radius 1 is 1.29 bits per heavy atom. The second kappa shape index (κ2) is 3.62. The maximum atomic E-state index is 11.4. The Morgan fingerprint density at radius 2 is 2.00 bits per heavy atom. The Morgan fingerprint density at radius 3 is 2.71 bits per heavy atom. The quantitative estimate of drug-likeness (QED) is 0.782. The van der Waals surface area contributed by atoms with Gasteiger partial charge in [-0.15, -0.1) is 0 Å². The van der Waals surface area contributed by atoms with Gasteiger partial charge in [-0.05, 0) is 12.5 Å². The molecular formula is C11H12N2O. The van der Waals surface area contributed by atoms with Gasteiger partial charge in [0, 0.05) is 5.39 Å². The number of nitrogens with one attached hydrogen (secondary N) is 1. The zero-order valence-corrected chi connectivity index (χ0v) is 8.08. The molecule has 1 N–H and O–H groups in total. The van der Waals surface area contributed by atoms with Crippen molar-refractivity contribution < 1.29 is 0 Å². The minimum atomic E-state index is -0.111. The minimum absolute atomic E-state index is 0.111. The van der Waals surface area contributed by atoms with Crippen LogP contribution in [0.3, 0.4) is 0 Å². The molecule has 0 unspecified atom stereocenters. The molecule has 0 saturated carbocycles. The number of aromatic amines is 1. The first kappa shape index (κ1) is 8.94. The molecule has 72 valence electrons. The summed E-state index contributed by atoms with van der Waals surface area (Å²) in [6.45, 7) is 2.10. The Bertz CT molecular complexity index is 502. The number of rotatable bonds is 2. The van der Waals surface area contributed by atoms with Gasteiger partial charge in [-0.1, -0.05) is 31.5 Å². The summed E-state index contributed by atoms with van der Waals surface area (Å²) in [4.78, 5) is 11.4. The number of hydrogen-bond acceptors (Lipinski definition) is 2. The highest BCUT2D eigenvalue weighted by molar-refractivity contribution is 5.83. The zero-order valence-electron chi connectivity index (χ0n) is 8.08. The SMILES string of the molecule is CCCc1n[nH]c(=O)c2ccccc12. The van der Waals surface area contributed by atoms with E-state index in [1.54, 1.807) is 0 Å². The van der Waals surface area contributed by atoms with Crippen molar-refractivity contribution in [3.63, 3.8) is 0 Å². The molecule has 0 radical (unpaired) electrons. The fourth-order valence-electron chi connectivity index (χ4n) is 1.60. The number of H-pyrrole nitrogens is 1. The Balaban J connectivity index is 2.75. The molecule has 0 aliphatic heterocycles. The van der Waals surface area contributed by atoms with E-state index in [2.05, 4.69) is 17.1 Å². The van der Waals surface area contributed by atoms with Crippen LogP contribution >= 0.6 is 0 Å². The van der Waals surface area contributed by atoms with Gasteiger partial charge < -0.3 is 0 Å². The molecule has 0 aliphatic carbocycles. The van der Waals surface area contributed by atoms with Crippen LogP contribution in [0.1, 0.15) is 19.0 Å². The standard InChI is InChI=1S/C11H12N2O/c1-2-5-10-8-6-3-4-7-9(8)11(14)13-12-10/h3-4,6-7H,2,5H2,1H3,(H,13,14). The van der Waals surface area contributed by atoms with Crippen LogP contribution in [-0.4, -0.2) is 10.2 Å². The monoisotopic (exact) mass is 188 g/mol. The second-order valence-electron chi connectivity index (χ2n) is 3.30. The fourth-order valence-corrected chi connectivity index (χ4v) is 1.60. The highest BCUT2D eigenvalue weighted by Gasteiger charge is 2.03. The van der Waals surface area contributed by atoms with Gasteiger partial charge in [-0.3, -0.25) is 4.79 Å². The molecule has 1 heterocycles. The molecule has 0 fully saturated rings. The maximum absolute atomic E-state index is 11.4. The smallest absolute Gasteiger partial charge is 0.267 e. The van der Waals surface area contributed by atoms with E-state index in [4.69, 9.17) is 0 Å². The normalized spacial score (nSPS) is 10.6. The van der Waals surface area contributed by atoms with E-state index in [1.807, 2.05) is 24.3 Å². The Hall–Kier alpha value is -1.64. The first-order chi connectivity index (χ1) is 6.83. The van der Waals surface area contributed by atoms with Gasteiger partial charge in [0.05, 0.1) is 11.1 Å². The van der Waals surface area contributed by atoms with Crippen molar-refractivity contribution in [1.29, 1.82) is 0 Å². The molecule has 1 aromatic carbocycles. The highest BCUT2D eigenvalue weighted by atomic mass is 16.1. The molecule has 14 heavy (non-hydrogen) atoms. The van der Waals surface area contributed by atoms with Crippen LogP contribution < -0.4 is 5.56 Å². The van der Waals surface area contributed by atoms with E-state index >= 15 is 0 Å². The molecule has 3 nitrogen and oxygen atoms in total. The van der Waals surface area contributed by atoms with Gasteiger partial charge in [0.15, 0.2) is 0 Å². The van der Waals surface area contributed by atoms with Gasteiger partial charge in [0.2, 0.25) is 0 Å². The third-order valence-corrected chi connectivity index (χ3v) is 2.26. The molecule has 0 atom stereocenters. The highest BCUT2D eigenvalue weighted by Crippen LogP contribution is 2.13. The van der Waals surface area contributed by atoms with Gasteiger partial charge in [0.1, 0.15) is 0 Å². The van der Waals surface area contributed by atoms with E-state index in [0.717, 1.165) is 29.3 Å². The fraction of sp³-hybridized carbons (Fsp3) is 0.273. The summed E-state index contributed by atoms with van der Waals surface area (Å²) in [7, 11) is 0. The molecule has 0 saturated heterocycles. The summed E-state index contributed by atoms with van der Waals surface area (Å²) in [6.07, 6.45) is 1.93. The lowest BCUT2D eigenvalue weighted by molar-refractivity contribution is 0.844. The lowest BCUT2D eigenvalue weighted by Gasteiger charge is -2.02. The summed E-state index contributed by atoms with van der Waals surface area (Å²) in [5.74, 6) is 0. The minimum Gasteiger partial charge on any atom is -0.267 e. The van der Waals surface area contributed by atoms with Crippen LogP contribution in [0.5, 0.6) is 0 Å². The van der Waals surface area contributed by atoms with Crippen LogP contribution in [0.2, 0.25) is 0 Å². The van der Waals surface area contributed by atoms with Crippen molar-refractivity contribution in [2.45, 2.75) is 19.8 Å². The predicted octanol–water partition coefficient (Wildman–Crippen LogP) is 1.88. The molecule has 1 aromatic heterocycles. The van der Waals surface area contributed by atoms with Crippen molar-refractivity contribution >= 4 is 10.8 Å². The number of aryl methyl sites for hydroxylation is 1. The molecule has 0 aliphatic rings. The third kappa shape index (κ3) is 1.41. The van der Waals surface area contributed by atoms with Gasteiger partial charge in [-0.25, -0.2) is 5.10 Å². The largest absolute Gasteiger partial charge is 0.272 e. The van der Waals surface area contributed by atoms with E-state index in [9.17, 15) is 4.79 Å². The summed E-state index contributed by atoms with van der Waals surface area (Å²) in [5, 5.41) is 8.28. The predicted molar refractivity (Wildman–Crippen MR) is 56.4 cm³/mol. The van der Waals surface area contributed by atoms with Crippen LogP contribution in [0.15, 0.2) is 29.1 Å². The lowest BCUT2D eigenvalue weighted by atomic mass is 10.1. The number of benzene rings is 1. The first-order valence-corrected chi connectivity index (χ1v) is 4.79. The average molecular weight is 188 g/mol. The Labute approximate surface area is 81.8 Å². The van der Waals surface area contributed by atoms with Crippen molar-refractivity contribution in [2.75, 3.05) is 0 Å². The Kier molecular flexibility index (Phi) is 2.31. The van der Waals surface area contributed by atoms with Crippen LogP contribution in [0, 0.1) is 0 Å². The summed E-state index contributed by atoms with van der Waals surface area (Å²) in [5.41, 5.74) is 0.864. The topological polar surface area (TPSA) is 45.8 Å². The summed E-state index contributed by atoms with van der Waals surface area (Å²) >= 11 is 0. The van der Waals surface area contributed by atoms with E-state index in [-0.39, 0.29) is 5.56 Å². The number of fused-ring (bicyclic) bond motifs is 1.